The average Bonchev–Trinajstić information content (AvgIpc) is 3.14. The predicted molar refractivity (Wildman–Crippen MR) is 98.1 cm³/mol. The van der Waals surface area contributed by atoms with Crippen LogP contribution in [0.15, 0.2) is 48.5 Å². The van der Waals surface area contributed by atoms with Crippen LogP contribution in [-0.4, -0.2) is 24.5 Å². The summed E-state index contributed by atoms with van der Waals surface area (Å²) in [4.78, 5) is 24.8. The van der Waals surface area contributed by atoms with Crippen molar-refractivity contribution in [1.29, 1.82) is 0 Å². The molecule has 2 aromatic carbocycles. The molecule has 0 saturated carbocycles. The van der Waals surface area contributed by atoms with Gasteiger partial charge in [-0.05, 0) is 43.2 Å². The molecule has 1 aliphatic rings. The Morgan fingerprint density at radius 2 is 1.86 bits per heavy atom. The van der Waals surface area contributed by atoms with E-state index in [-0.39, 0.29) is 35.4 Å². The second-order valence-electron chi connectivity index (χ2n) is 6.47. The van der Waals surface area contributed by atoms with Crippen molar-refractivity contribution in [2.24, 2.45) is 0 Å². The molecule has 1 saturated heterocycles. The van der Waals surface area contributed by atoms with Gasteiger partial charge in [0.25, 0.3) is 5.91 Å². The van der Waals surface area contributed by atoms with E-state index in [2.05, 4.69) is 10.6 Å². The summed E-state index contributed by atoms with van der Waals surface area (Å²) in [5, 5.41) is 5.12. The van der Waals surface area contributed by atoms with E-state index in [1.807, 2.05) is 0 Å². The van der Waals surface area contributed by atoms with E-state index < -0.39 is 17.6 Å². The fourth-order valence-corrected chi connectivity index (χ4v) is 2.98. The number of anilines is 2. The number of carbonyl (C=O) groups is 2. The lowest BCUT2D eigenvalue weighted by molar-refractivity contribution is -0.137. The van der Waals surface area contributed by atoms with E-state index >= 15 is 0 Å². The summed E-state index contributed by atoms with van der Waals surface area (Å²) in [6.45, 7) is 0.633. The molecule has 1 atom stereocenters. The van der Waals surface area contributed by atoms with Crippen LogP contribution in [0.1, 0.15) is 35.2 Å². The van der Waals surface area contributed by atoms with Crippen LogP contribution in [0.25, 0.3) is 0 Å². The molecule has 2 N–H and O–H groups in total. The monoisotopic (exact) mass is 392 g/mol. The van der Waals surface area contributed by atoms with E-state index in [9.17, 15) is 22.8 Å². The summed E-state index contributed by atoms with van der Waals surface area (Å²) >= 11 is 0. The number of hydrogen-bond acceptors (Lipinski definition) is 3. The quantitative estimate of drug-likeness (QED) is 0.789. The minimum atomic E-state index is -4.51. The molecule has 5 nitrogen and oxygen atoms in total. The van der Waals surface area contributed by atoms with Crippen molar-refractivity contribution in [2.45, 2.75) is 31.5 Å². The first kappa shape index (κ1) is 19.9. The van der Waals surface area contributed by atoms with Gasteiger partial charge < -0.3 is 15.4 Å². The van der Waals surface area contributed by atoms with Crippen LogP contribution in [0, 0.1) is 0 Å². The van der Waals surface area contributed by atoms with Crippen molar-refractivity contribution in [1.82, 2.24) is 0 Å². The number of halogens is 3. The Labute approximate surface area is 159 Å². The van der Waals surface area contributed by atoms with Gasteiger partial charge in [-0.1, -0.05) is 18.2 Å². The van der Waals surface area contributed by atoms with E-state index in [0.29, 0.717) is 6.61 Å². The van der Waals surface area contributed by atoms with Gasteiger partial charge in [-0.25, -0.2) is 0 Å². The van der Waals surface area contributed by atoms with Crippen LogP contribution in [0.3, 0.4) is 0 Å². The Hall–Kier alpha value is -2.87. The average molecular weight is 392 g/mol. The second-order valence-corrected chi connectivity index (χ2v) is 6.47. The van der Waals surface area contributed by atoms with Crippen molar-refractivity contribution in [2.75, 3.05) is 17.2 Å². The summed E-state index contributed by atoms with van der Waals surface area (Å²) in [5.41, 5.74) is -0.403. The van der Waals surface area contributed by atoms with Gasteiger partial charge in [0.2, 0.25) is 5.91 Å². The summed E-state index contributed by atoms with van der Waals surface area (Å²) in [5.74, 6) is -0.904. The Balaban J connectivity index is 1.71. The number of hydrogen-bond donors (Lipinski definition) is 2. The van der Waals surface area contributed by atoms with Gasteiger partial charge in [0.15, 0.2) is 0 Å². The highest BCUT2D eigenvalue weighted by molar-refractivity contribution is 6.10. The molecule has 3 rings (SSSR count). The fourth-order valence-electron chi connectivity index (χ4n) is 2.98. The maximum absolute atomic E-state index is 12.8. The molecule has 1 aliphatic heterocycles. The number of amides is 2. The number of rotatable bonds is 5. The number of para-hydroxylation sites is 1. The SMILES string of the molecule is O=C(CC1CCCO1)Nc1ccccc1C(=O)Nc1cccc(C(F)(F)F)c1. The fraction of sp³-hybridized carbons (Fsp3) is 0.300. The smallest absolute Gasteiger partial charge is 0.378 e. The van der Waals surface area contributed by atoms with Crippen LogP contribution >= 0.6 is 0 Å². The third kappa shape index (κ3) is 5.10. The molecule has 148 valence electrons. The molecule has 8 heteroatoms. The molecular weight excluding hydrogens is 373 g/mol. The van der Waals surface area contributed by atoms with E-state index in [1.165, 1.54) is 18.2 Å². The zero-order valence-electron chi connectivity index (χ0n) is 14.9. The first-order valence-electron chi connectivity index (χ1n) is 8.82. The molecule has 0 bridgehead atoms. The first-order valence-corrected chi connectivity index (χ1v) is 8.82. The van der Waals surface area contributed by atoms with Crippen LogP contribution in [0.4, 0.5) is 24.5 Å². The minimum absolute atomic E-state index is 0.0142. The second kappa shape index (κ2) is 8.43. The lowest BCUT2D eigenvalue weighted by Gasteiger charge is -2.14. The van der Waals surface area contributed by atoms with Crippen LogP contribution < -0.4 is 10.6 Å². The first-order chi connectivity index (χ1) is 13.3. The van der Waals surface area contributed by atoms with E-state index in [1.54, 1.807) is 18.2 Å². The molecule has 1 fully saturated rings. The molecule has 0 aliphatic carbocycles. The predicted octanol–water partition coefficient (Wildman–Crippen LogP) is 4.47. The van der Waals surface area contributed by atoms with Gasteiger partial charge in [0.05, 0.1) is 29.3 Å². The van der Waals surface area contributed by atoms with Crippen molar-refractivity contribution in [3.8, 4) is 0 Å². The van der Waals surface area contributed by atoms with Crippen LogP contribution in [-0.2, 0) is 15.7 Å². The molecule has 0 radical (unpaired) electrons. The Morgan fingerprint density at radius 1 is 1.07 bits per heavy atom. The van der Waals surface area contributed by atoms with Crippen LogP contribution in [0.2, 0.25) is 0 Å². The van der Waals surface area contributed by atoms with Gasteiger partial charge in [-0.3, -0.25) is 9.59 Å². The molecule has 2 amide bonds. The zero-order chi connectivity index (χ0) is 20.1. The number of alkyl halides is 3. The standard InChI is InChI=1S/C20H19F3N2O3/c21-20(22,23)13-5-3-6-14(11-13)24-19(27)16-8-1-2-9-17(16)25-18(26)12-15-7-4-10-28-15/h1-3,5-6,8-9,11,15H,4,7,10,12H2,(H,24,27)(H,25,26). The molecule has 1 unspecified atom stereocenters. The molecule has 2 aromatic rings. The van der Waals surface area contributed by atoms with Gasteiger partial charge in [-0.2, -0.15) is 13.2 Å². The summed E-state index contributed by atoms with van der Waals surface area (Å²) in [6.07, 6.45) is -2.73. The maximum Gasteiger partial charge on any atom is 0.416 e. The number of ether oxygens (including phenoxy) is 1. The molecule has 1 heterocycles. The lowest BCUT2D eigenvalue weighted by atomic mass is 10.1. The van der Waals surface area contributed by atoms with Gasteiger partial charge in [0.1, 0.15) is 0 Å². The Morgan fingerprint density at radius 3 is 2.57 bits per heavy atom. The summed E-state index contributed by atoms with van der Waals surface area (Å²) in [6, 6.07) is 10.7. The highest BCUT2D eigenvalue weighted by atomic mass is 19.4. The van der Waals surface area contributed by atoms with Crippen molar-refractivity contribution < 1.29 is 27.5 Å². The van der Waals surface area contributed by atoms with Gasteiger partial charge in [0, 0.05) is 12.3 Å². The topological polar surface area (TPSA) is 67.4 Å². The van der Waals surface area contributed by atoms with Crippen molar-refractivity contribution >= 4 is 23.2 Å². The highest BCUT2D eigenvalue weighted by Gasteiger charge is 2.30. The lowest BCUT2D eigenvalue weighted by Crippen LogP contribution is -2.22. The van der Waals surface area contributed by atoms with E-state index in [0.717, 1.165) is 25.0 Å². The zero-order valence-corrected chi connectivity index (χ0v) is 14.9. The minimum Gasteiger partial charge on any atom is -0.378 e. The molecule has 0 aromatic heterocycles. The normalized spacial score (nSPS) is 16.6. The van der Waals surface area contributed by atoms with Crippen molar-refractivity contribution in [3.63, 3.8) is 0 Å². The third-order valence-corrected chi connectivity index (χ3v) is 4.33. The summed E-state index contributed by atoms with van der Waals surface area (Å²) < 4.78 is 43.9. The Kier molecular flexibility index (Phi) is 5.99. The largest absolute Gasteiger partial charge is 0.416 e. The van der Waals surface area contributed by atoms with Gasteiger partial charge >= 0.3 is 6.18 Å². The molecule has 0 spiro atoms. The van der Waals surface area contributed by atoms with Gasteiger partial charge in [-0.15, -0.1) is 0 Å². The third-order valence-electron chi connectivity index (χ3n) is 4.33. The highest BCUT2D eigenvalue weighted by Crippen LogP contribution is 2.31. The molecule has 28 heavy (non-hydrogen) atoms. The number of benzene rings is 2. The van der Waals surface area contributed by atoms with E-state index in [4.69, 9.17) is 4.74 Å². The maximum atomic E-state index is 12.8. The van der Waals surface area contributed by atoms with Crippen LogP contribution in [0.5, 0.6) is 0 Å². The number of nitrogens with one attached hydrogen (secondary N) is 2. The molecular formula is C20H19F3N2O3. The number of carbonyl (C=O) groups excluding carboxylic acids is 2. The Bertz CT molecular complexity index is 862. The van der Waals surface area contributed by atoms with Crippen molar-refractivity contribution in [3.05, 3.63) is 59.7 Å². The summed E-state index contributed by atoms with van der Waals surface area (Å²) in [7, 11) is 0.